The van der Waals surface area contributed by atoms with E-state index in [0.717, 1.165) is 55.7 Å². The van der Waals surface area contributed by atoms with Crippen molar-refractivity contribution < 1.29 is 9.31 Å². The average Bonchev–Trinajstić information content (AvgIpc) is 3.16. The van der Waals surface area contributed by atoms with E-state index >= 15 is 0 Å². The van der Waals surface area contributed by atoms with Gasteiger partial charge in [-0.2, -0.15) is 0 Å². The van der Waals surface area contributed by atoms with Gasteiger partial charge in [-0.1, -0.05) is 41.9 Å². The molecule has 6 nitrogen and oxygen atoms in total. The first-order chi connectivity index (χ1) is 18.1. The van der Waals surface area contributed by atoms with Gasteiger partial charge in [-0.25, -0.2) is 0 Å². The molecule has 0 N–H and O–H groups in total. The number of nitrogens with zero attached hydrogens (tertiary/aromatic N) is 4. The van der Waals surface area contributed by atoms with Crippen LogP contribution in [0, 0.1) is 0 Å². The van der Waals surface area contributed by atoms with Crippen LogP contribution < -0.4 is 15.3 Å². The molecule has 0 radical (unpaired) electrons. The molecule has 3 heterocycles. The van der Waals surface area contributed by atoms with Gasteiger partial charge in [0.15, 0.2) is 0 Å². The fraction of sp³-hybridized carbons (Fsp3) is 0.600. The molecule has 3 aliphatic heterocycles. The summed E-state index contributed by atoms with van der Waals surface area (Å²) in [6.45, 7) is 24.3. The zero-order valence-corrected chi connectivity index (χ0v) is 25.8. The van der Waals surface area contributed by atoms with Gasteiger partial charge in [0.05, 0.1) is 11.2 Å². The summed E-state index contributed by atoms with van der Waals surface area (Å²) in [6.07, 6.45) is 0. The van der Waals surface area contributed by atoms with Crippen molar-refractivity contribution in [1.29, 1.82) is 0 Å². The minimum atomic E-state index is -0.285. The Morgan fingerprint density at radius 1 is 0.632 bits per heavy atom. The Morgan fingerprint density at radius 3 is 1.37 bits per heavy atom. The summed E-state index contributed by atoms with van der Waals surface area (Å²) in [7, 11) is -0.272. The number of benzene rings is 2. The van der Waals surface area contributed by atoms with Crippen LogP contribution in [0.5, 0.6) is 0 Å². The van der Waals surface area contributed by atoms with Crippen LogP contribution in [0.2, 0.25) is 0 Å². The molecule has 0 amide bonds. The number of halogens is 1. The molecule has 0 atom stereocenters. The number of piperazine rings is 2. The molecule has 0 aliphatic carbocycles. The van der Waals surface area contributed by atoms with Crippen molar-refractivity contribution in [3.8, 4) is 0 Å². The Labute approximate surface area is 239 Å². The summed E-state index contributed by atoms with van der Waals surface area (Å²) in [5.41, 5.74) is 3.16. The highest BCUT2D eigenvalue weighted by Crippen LogP contribution is 2.36. The number of anilines is 2. The van der Waals surface area contributed by atoms with Crippen molar-refractivity contribution in [3.05, 3.63) is 53.0 Å². The van der Waals surface area contributed by atoms with E-state index in [9.17, 15) is 0 Å². The SMILES string of the molecule is CCN1CCN(c2ccc(B3OC(C)(C)C(C)(C)O3)cc2)CC1.CCN1CCN(c2ccc(Br)cc2)CC1. The number of hydrogen-bond acceptors (Lipinski definition) is 6. The van der Waals surface area contributed by atoms with E-state index in [4.69, 9.17) is 9.31 Å². The molecule has 3 aliphatic rings. The van der Waals surface area contributed by atoms with Gasteiger partial charge in [-0.3, -0.25) is 0 Å². The molecule has 208 valence electrons. The Kier molecular flexibility index (Phi) is 9.85. The highest BCUT2D eigenvalue weighted by atomic mass is 79.9. The molecule has 5 rings (SSSR count). The summed E-state index contributed by atoms with van der Waals surface area (Å²) in [5.74, 6) is 0. The summed E-state index contributed by atoms with van der Waals surface area (Å²) in [4.78, 5) is 9.91. The van der Waals surface area contributed by atoms with E-state index in [0.29, 0.717) is 0 Å². The molecule has 3 fully saturated rings. The Morgan fingerprint density at radius 2 is 1.00 bits per heavy atom. The van der Waals surface area contributed by atoms with Gasteiger partial charge in [-0.15, -0.1) is 0 Å². The van der Waals surface area contributed by atoms with Gasteiger partial charge in [0.25, 0.3) is 0 Å². The zero-order chi connectivity index (χ0) is 27.3. The third-order valence-electron chi connectivity index (χ3n) is 8.61. The standard InChI is InChI=1S/C18H29BN2O2.C12H17BrN2/c1-6-20-11-13-21(14-12-20)16-9-7-15(8-10-16)19-22-17(2,3)18(4,5)23-19;1-2-14-7-9-15(10-8-14)12-5-3-11(13)4-6-12/h7-10H,6,11-14H2,1-5H3;3-6H,2,7-10H2,1H3. The first-order valence-electron chi connectivity index (χ1n) is 14.3. The lowest BCUT2D eigenvalue weighted by Gasteiger charge is -2.35. The minimum absolute atomic E-state index is 0.272. The van der Waals surface area contributed by atoms with Crippen LogP contribution in [0.4, 0.5) is 11.4 Å². The lowest BCUT2D eigenvalue weighted by molar-refractivity contribution is 0.00578. The predicted molar refractivity (Wildman–Crippen MR) is 165 cm³/mol. The van der Waals surface area contributed by atoms with Crippen LogP contribution >= 0.6 is 15.9 Å². The quantitative estimate of drug-likeness (QED) is 0.473. The lowest BCUT2D eigenvalue weighted by Crippen LogP contribution is -2.46. The molecule has 0 spiro atoms. The smallest absolute Gasteiger partial charge is 0.399 e. The molecule has 0 bridgehead atoms. The highest BCUT2D eigenvalue weighted by molar-refractivity contribution is 9.10. The number of likely N-dealkylation sites (N-methyl/N-ethyl adjacent to an activating group) is 2. The van der Waals surface area contributed by atoms with Crippen LogP contribution in [0.15, 0.2) is 53.0 Å². The van der Waals surface area contributed by atoms with Crippen LogP contribution in [0.25, 0.3) is 0 Å². The largest absolute Gasteiger partial charge is 0.494 e. The summed E-state index contributed by atoms with van der Waals surface area (Å²) in [5, 5.41) is 0. The first-order valence-corrected chi connectivity index (χ1v) is 15.1. The van der Waals surface area contributed by atoms with Crippen LogP contribution in [-0.4, -0.2) is 93.6 Å². The first kappa shape index (κ1) is 29.4. The van der Waals surface area contributed by atoms with Crippen LogP contribution in [0.1, 0.15) is 41.5 Å². The van der Waals surface area contributed by atoms with E-state index in [1.165, 1.54) is 31.0 Å². The second-order valence-corrected chi connectivity index (χ2v) is 12.4. The average molecular weight is 585 g/mol. The molecule has 0 saturated carbocycles. The van der Waals surface area contributed by atoms with E-state index in [1.807, 2.05) is 0 Å². The molecule has 2 aromatic rings. The summed E-state index contributed by atoms with van der Waals surface area (Å²) in [6, 6.07) is 17.3. The Bertz CT molecular complexity index is 986. The molecule has 0 unspecified atom stereocenters. The zero-order valence-electron chi connectivity index (χ0n) is 24.3. The van der Waals surface area contributed by atoms with Gasteiger partial charge >= 0.3 is 7.12 Å². The Balaban J connectivity index is 0.000000194. The third-order valence-corrected chi connectivity index (χ3v) is 9.14. The highest BCUT2D eigenvalue weighted by Gasteiger charge is 2.51. The van der Waals surface area contributed by atoms with Crippen molar-refractivity contribution in [3.63, 3.8) is 0 Å². The minimum Gasteiger partial charge on any atom is -0.399 e. The van der Waals surface area contributed by atoms with Crippen molar-refractivity contribution in [2.24, 2.45) is 0 Å². The monoisotopic (exact) mass is 584 g/mol. The molecule has 8 heteroatoms. The maximum Gasteiger partial charge on any atom is 0.494 e. The van der Waals surface area contributed by atoms with E-state index in [1.54, 1.807) is 0 Å². The van der Waals surface area contributed by atoms with Crippen molar-refractivity contribution in [2.45, 2.75) is 52.7 Å². The Hall–Kier alpha value is -1.58. The van der Waals surface area contributed by atoms with Crippen LogP contribution in [0.3, 0.4) is 0 Å². The molecule has 3 saturated heterocycles. The van der Waals surface area contributed by atoms with E-state index in [-0.39, 0.29) is 18.3 Å². The number of hydrogen-bond donors (Lipinski definition) is 0. The van der Waals surface area contributed by atoms with Crippen molar-refractivity contribution in [1.82, 2.24) is 9.80 Å². The van der Waals surface area contributed by atoms with Gasteiger partial charge in [0, 0.05) is 68.2 Å². The fourth-order valence-electron chi connectivity index (χ4n) is 5.12. The maximum absolute atomic E-state index is 6.12. The fourth-order valence-corrected chi connectivity index (χ4v) is 5.38. The lowest BCUT2D eigenvalue weighted by atomic mass is 9.79. The van der Waals surface area contributed by atoms with Crippen LogP contribution in [-0.2, 0) is 9.31 Å². The maximum atomic E-state index is 6.12. The van der Waals surface area contributed by atoms with E-state index in [2.05, 4.69) is 126 Å². The molecule has 0 aromatic heterocycles. The van der Waals surface area contributed by atoms with Gasteiger partial charge in [0.2, 0.25) is 0 Å². The number of rotatable bonds is 5. The topological polar surface area (TPSA) is 31.4 Å². The molecule has 38 heavy (non-hydrogen) atoms. The van der Waals surface area contributed by atoms with Crippen molar-refractivity contribution in [2.75, 3.05) is 75.2 Å². The third kappa shape index (κ3) is 7.13. The normalized spacial score (nSPS) is 21.8. The van der Waals surface area contributed by atoms with E-state index < -0.39 is 0 Å². The second-order valence-electron chi connectivity index (χ2n) is 11.5. The van der Waals surface area contributed by atoms with Crippen molar-refractivity contribution >= 4 is 39.9 Å². The molecule has 2 aromatic carbocycles. The molecular weight excluding hydrogens is 539 g/mol. The second kappa shape index (κ2) is 12.7. The van der Waals surface area contributed by atoms with Gasteiger partial charge in [0.1, 0.15) is 0 Å². The summed E-state index contributed by atoms with van der Waals surface area (Å²) < 4.78 is 13.4. The van der Waals surface area contributed by atoms with Gasteiger partial charge < -0.3 is 28.9 Å². The molecular formula is C30H46BBrN4O2. The predicted octanol–water partition coefficient (Wildman–Crippen LogP) is 4.72. The summed E-state index contributed by atoms with van der Waals surface area (Å²) >= 11 is 3.46. The van der Waals surface area contributed by atoms with Gasteiger partial charge in [-0.05, 0) is 82.6 Å².